The van der Waals surface area contributed by atoms with Crippen LogP contribution in [0.4, 0.5) is 0 Å². The first-order valence-electron chi connectivity index (χ1n) is 9.39. The number of guanidine groups is 1. The number of hydrogen-bond acceptors (Lipinski definition) is 3. The number of nitrogens with zero attached hydrogens (tertiary/aromatic N) is 3. The highest BCUT2D eigenvalue weighted by molar-refractivity contribution is 5.79. The van der Waals surface area contributed by atoms with Crippen molar-refractivity contribution in [2.45, 2.75) is 52.5 Å². The monoisotopic (exact) mass is 325 g/mol. The zero-order chi connectivity index (χ0) is 17.1. The minimum absolute atomic E-state index is 0.480. The van der Waals surface area contributed by atoms with Gasteiger partial charge in [0, 0.05) is 45.8 Å². The van der Waals surface area contributed by atoms with Gasteiger partial charge in [0.1, 0.15) is 0 Å². The van der Waals surface area contributed by atoms with Crippen LogP contribution in [0.1, 0.15) is 46.5 Å². The average Bonchev–Trinajstić information content (AvgIpc) is 2.53. The number of unbranched alkanes of at least 4 members (excludes halogenated alkanes) is 1. The molecule has 0 spiro atoms. The minimum atomic E-state index is 0.480. The van der Waals surface area contributed by atoms with Gasteiger partial charge in [-0.05, 0) is 52.1 Å². The van der Waals surface area contributed by atoms with Gasteiger partial charge in [-0.2, -0.15) is 0 Å². The predicted octanol–water partition coefficient (Wildman–Crippen LogP) is 2.00. The van der Waals surface area contributed by atoms with Gasteiger partial charge in [-0.25, -0.2) is 0 Å². The Labute approximate surface area is 143 Å². The van der Waals surface area contributed by atoms with E-state index < -0.39 is 0 Å². The highest BCUT2D eigenvalue weighted by Crippen LogP contribution is 2.06. The van der Waals surface area contributed by atoms with Crippen molar-refractivity contribution in [3.63, 3.8) is 0 Å². The quantitative estimate of drug-likeness (QED) is 0.387. The van der Waals surface area contributed by atoms with Crippen molar-refractivity contribution in [2.24, 2.45) is 10.9 Å². The molecule has 1 aliphatic heterocycles. The second-order valence-corrected chi connectivity index (χ2v) is 7.37. The number of hydrogen-bond donors (Lipinski definition) is 2. The third-order valence-corrected chi connectivity index (χ3v) is 4.57. The Morgan fingerprint density at radius 3 is 2.35 bits per heavy atom. The maximum atomic E-state index is 4.33. The first-order valence-corrected chi connectivity index (χ1v) is 9.39. The molecular weight excluding hydrogens is 286 g/mol. The molecule has 0 radical (unpaired) electrons. The van der Waals surface area contributed by atoms with Crippen LogP contribution < -0.4 is 10.6 Å². The molecule has 1 heterocycles. The molecule has 1 unspecified atom stereocenters. The summed E-state index contributed by atoms with van der Waals surface area (Å²) in [6.45, 7) is 13.9. The molecule has 0 aromatic heterocycles. The minimum Gasteiger partial charge on any atom is -0.356 e. The lowest BCUT2D eigenvalue weighted by Crippen LogP contribution is -2.45. The predicted molar refractivity (Wildman–Crippen MR) is 101 cm³/mol. The number of nitrogens with one attached hydrogen (secondary N) is 2. The molecule has 0 amide bonds. The standard InChI is InChI=1S/C18H39N5/c1-16(2)8-9-17(3)21-18(19-4)20-10-6-7-11-23-14-12-22(5)13-15-23/h16-17H,6-15H2,1-5H3,(H2,19,20,21). The smallest absolute Gasteiger partial charge is 0.191 e. The summed E-state index contributed by atoms with van der Waals surface area (Å²) in [7, 11) is 4.07. The Kier molecular flexibility index (Phi) is 10.3. The lowest BCUT2D eigenvalue weighted by Gasteiger charge is -2.32. The summed E-state index contributed by atoms with van der Waals surface area (Å²) < 4.78 is 0. The molecular formula is C18H39N5. The molecule has 0 aliphatic carbocycles. The lowest BCUT2D eigenvalue weighted by atomic mass is 10.0. The lowest BCUT2D eigenvalue weighted by molar-refractivity contribution is 0.152. The highest BCUT2D eigenvalue weighted by atomic mass is 15.2. The van der Waals surface area contributed by atoms with Crippen LogP contribution >= 0.6 is 0 Å². The van der Waals surface area contributed by atoms with Crippen LogP contribution in [0.5, 0.6) is 0 Å². The SMILES string of the molecule is CN=C(NCCCCN1CCN(C)CC1)NC(C)CCC(C)C. The zero-order valence-corrected chi connectivity index (χ0v) is 16.1. The molecule has 2 N–H and O–H groups in total. The molecule has 23 heavy (non-hydrogen) atoms. The van der Waals surface area contributed by atoms with Gasteiger partial charge in [-0.1, -0.05) is 13.8 Å². The molecule has 0 saturated carbocycles. The molecule has 0 aromatic rings. The van der Waals surface area contributed by atoms with Gasteiger partial charge in [-0.3, -0.25) is 4.99 Å². The van der Waals surface area contributed by atoms with Crippen LogP contribution in [0.3, 0.4) is 0 Å². The fourth-order valence-electron chi connectivity index (χ4n) is 2.82. The van der Waals surface area contributed by atoms with Crippen molar-refractivity contribution in [1.29, 1.82) is 0 Å². The van der Waals surface area contributed by atoms with E-state index in [2.05, 4.69) is 53.2 Å². The molecule has 1 fully saturated rings. The van der Waals surface area contributed by atoms with Gasteiger partial charge in [0.05, 0.1) is 0 Å². The topological polar surface area (TPSA) is 42.9 Å². The van der Waals surface area contributed by atoms with Crippen LogP contribution in [0.2, 0.25) is 0 Å². The molecule has 0 bridgehead atoms. The van der Waals surface area contributed by atoms with Gasteiger partial charge in [0.25, 0.3) is 0 Å². The molecule has 1 rings (SSSR count). The summed E-state index contributed by atoms with van der Waals surface area (Å²) >= 11 is 0. The third-order valence-electron chi connectivity index (χ3n) is 4.57. The van der Waals surface area contributed by atoms with E-state index in [4.69, 9.17) is 0 Å². The molecule has 5 heteroatoms. The maximum Gasteiger partial charge on any atom is 0.191 e. The Morgan fingerprint density at radius 2 is 1.74 bits per heavy atom. The second kappa shape index (κ2) is 11.7. The van der Waals surface area contributed by atoms with Crippen molar-refractivity contribution in [2.75, 3.05) is 53.4 Å². The van der Waals surface area contributed by atoms with E-state index in [1.807, 2.05) is 7.05 Å². The van der Waals surface area contributed by atoms with Crippen molar-refractivity contribution >= 4 is 5.96 Å². The fourth-order valence-corrected chi connectivity index (χ4v) is 2.82. The van der Waals surface area contributed by atoms with E-state index >= 15 is 0 Å². The normalized spacial score (nSPS) is 19.1. The van der Waals surface area contributed by atoms with Crippen LogP contribution in [-0.4, -0.2) is 75.2 Å². The average molecular weight is 326 g/mol. The first kappa shape index (κ1) is 20.2. The first-order chi connectivity index (χ1) is 11.0. The Morgan fingerprint density at radius 1 is 1.04 bits per heavy atom. The van der Waals surface area contributed by atoms with Crippen molar-refractivity contribution in [3.05, 3.63) is 0 Å². The van der Waals surface area contributed by atoms with Gasteiger partial charge >= 0.3 is 0 Å². The summed E-state index contributed by atoms with van der Waals surface area (Å²) in [5.74, 6) is 1.71. The van der Waals surface area contributed by atoms with E-state index in [9.17, 15) is 0 Å². The summed E-state index contributed by atoms with van der Waals surface area (Å²) in [4.78, 5) is 9.32. The van der Waals surface area contributed by atoms with Crippen LogP contribution in [0, 0.1) is 5.92 Å². The summed E-state index contributed by atoms with van der Waals surface area (Å²) in [5.41, 5.74) is 0. The van der Waals surface area contributed by atoms with Crippen molar-refractivity contribution in [1.82, 2.24) is 20.4 Å². The molecule has 1 atom stereocenters. The Bertz CT molecular complexity index is 321. The molecule has 1 aliphatic rings. The molecule has 1 saturated heterocycles. The Balaban J connectivity index is 2.06. The van der Waals surface area contributed by atoms with E-state index in [-0.39, 0.29) is 0 Å². The van der Waals surface area contributed by atoms with Crippen molar-refractivity contribution in [3.8, 4) is 0 Å². The van der Waals surface area contributed by atoms with E-state index in [0.29, 0.717) is 6.04 Å². The number of aliphatic imine (C=N–C) groups is 1. The highest BCUT2D eigenvalue weighted by Gasteiger charge is 2.12. The molecule has 5 nitrogen and oxygen atoms in total. The molecule has 136 valence electrons. The third kappa shape index (κ3) is 9.82. The van der Waals surface area contributed by atoms with Gasteiger partial charge in [0.2, 0.25) is 0 Å². The zero-order valence-electron chi connectivity index (χ0n) is 16.1. The van der Waals surface area contributed by atoms with Gasteiger partial charge < -0.3 is 20.4 Å². The van der Waals surface area contributed by atoms with Gasteiger partial charge in [-0.15, -0.1) is 0 Å². The maximum absolute atomic E-state index is 4.33. The second-order valence-electron chi connectivity index (χ2n) is 7.37. The van der Waals surface area contributed by atoms with Crippen LogP contribution in [0.25, 0.3) is 0 Å². The number of rotatable bonds is 9. The summed E-state index contributed by atoms with van der Waals surface area (Å²) in [6.07, 6.45) is 4.92. The Hall–Kier alpha value is -0.810. The summed E-state index contributed by atoms with van der Waals surface area (Å²) in [6, 6.07) is 0.480. The van der Waals surface area contributed by atoms with Gasteiger partial charge in [0.15, 0.2) is 5.96 Å². The van der Waals surface area contributed by atoms with E-state index in [1.165, 1.54) is 58.4 Å². The van der Waals surface area contributed by atoms with E-state index in [0.717, 1.165) is 18.4 Å². The van der Waals surface area contributed by atoms with Crippen molar-refractivity contribution < 1.29 is 0 Å². The van der Waals surface area contributed by atoms with Crippen LogP contribution in [0.15, 0.2) is 4.99 Å². The number of likely N-dealkylation sites (N-methyl/N-ethyl adjacent to an activating group) is 1. The summed E-state index contributed by atoms with van der Waals surface area (Å²) in [5, 5.41) is 6.93. The van der Waals surface area contributed by atoms with Crippen LogP contribution in [-0.2, 0) is 0 Å². The van der Waals surface area contributed by atoms with E-state index in [1.54, 1.807) is 0 Å². The number of piperazine rings is 1. The fraction of sp³-hybridized carbons (Fsp3) is 0.944. The molecule has 0 aromatic carbocycles. The largest absolute Gasteiger partial charge is 0.356 e.